The molecule has 5 rings (SSSR count). The van der Waals surface area contributed by atoms with Gasteiger partial charge in [-0.15, -0.1) is 11.3 Å². The van der Waals surface area contributed by atoms with Crippen LogP contribution in [0.4, 0.5) is 0 Å². The van der Waals surface area contributed by atoms with Crippen LogP contribution in [0.2, 0.25) is 0 Å². The summed E-state index contributed by atoms with van der Waals surface area (Å²) in [7, 11) is 0. The normalized spacial score (nSPS) is 25.5. The Balaban J connectivity index is 1.31. The van der Waals surface area contributed by atoms with Crippen LogP contribution in [-0.2, 0) is 16.8 Å². The van der Waals surface area contributed by atoms with Crippen LogP contribution < -0.4 is 14.8 Å². The number of carboxylic acids is 1. The summed E-state index contributed by atoms with van der Waals surface area (Å²) in [5, 5.41) is 16.7. The number of ether oxygens (including phenoxy) is 2. The number of fused-ring (bicyclic) bond motifs is 2. The number of hydrogen-bond donors (Lipinski definition) is 2. The van der Waals surface area contributed by atoms with E-state index >= 15 is 0 Å². The Morgan fingerprint density at radius 3 is 3.03 bits per heavy atom. The number of aromatic nitrogens is 2. The van der Waals surface area contributed by atoms with Gasteiger partial charge in [0.05, 0.1) is 0 Å². The predicted molar refractivity (Wildman–Crippen MR) is 113 cm³/mol. The first kappa shape index (κ1) is 19.3. The van der Waals surface area contributed by atoms with Crippen molar-refractivity contribution in [2.75, 3.05) is 6.79 Å². The molecule has 1 saturated carbocycles. The third-order valence-electron chi connectivity index (χ3n) is 6.29. The van der Waals surface area contributed by atoms with Crippen molar-refractivity contribution in [1.82, 2.24) is 15.3 Å². The molecule has 0 spiro atoms. The maximum Gasteiger partial charge on any atom is 0.317 e. The van der Waals surface area contributed by atoms with Crippen molar-refractivity contribution in [3.05, 3.63) is 47.2 Å². The van der Waals surface area contributed by atoms with Crippen molar-refractivity contribution >= 4 is 27.5 Å². The van der Waals surface area contributed by atoms with Crippen molar-refractivity contribution in [3.8, 4) is 11.5 Å². The Morgan fingerprint density at radius 2 is 2.20 bits per heavy atom. The van der Waals surface area contributed by atoms with Crippen molar-refractivity contribution in [3.63, 3.8) is 0 Å². The molecule has 3 heterocycles. The quantitative estimate of drug-likeness (QED) is 0.643. The Labute approximate surface area is 178 Å². The highest BCUT2D eigenvalue weighted by Gasteiger charge is 2.48. The molecule has 3 unspecified atom stereocenters. The number of nitrogens with zero attached hydrogens (tertiary/aromatic N) is 2. The van der Waals surface area contributed by atoms with Crippen molar-refractivity contribution in [2.24, 2.45) is 5.92 Å². The molecule has 30 heavy (non-hydrogen) atoms. The summed E-state index contributed by atoms with van der Waals surface area (Å²) in [6, 6.07) is 8.13. The lowest BCUT2D eigenvalue weighted by Gasteiger charge is -2.40. The smallest absolute Gasteiger partial charge is 0.317 e. The summed E-state index contributed by atoms with van der Waals surface area (Å²) < 4.78 is 10.8. The van der Waals surface area contributed by atoms with E-state index in [1.807, 2.05) is 29.6 Å². The first-order valence-corrected chi connectivity index (χ1v) is 11.0. The van der Waals surface area contributed by atoms with Crippen molar-refractivity contribution in [1.29, 1.82) is 0 Å². The zero-order valence-electron chi connectivity index (χ0n) is 16.6. The van der Waals surface area contributed by atoms with Gasteiger partial charge in [0, 0.05) is 24.2 Å². The SMILES string of the molecule is CC1CC(C(=O)O)(c2ncc3ccsc3n2)CCC1NCc1ccc2c(c1)OCO2. The van der Waals surface area contributed by atoms with E-state index in [1.54, 1.807) is 6.20 Å². The summed E-state index contributed by atoms with van der Waals surface area (Å²) in [5.74, 6) is 1.33. The second kappa shape index (κ2) is 7.52. The summed E-state index contributed by atoms with van der Waals surface area (Å²) in [5.41, 5.74) is 0.0853. The van der Waals surface area contributed by atoms with E-state index in [-0.39, 0.29) is 18.8 Å². The number of thiophene rings is 1. The standard InChI is InChI=1S/C22H23N3O4S/c1-13-9-22(21(26)27,20-24-11-15-5-7-30-19(15)25-20)6-4-16(13)23-10-14-2-3-17-18(8-14)29-12-28-17/h2-3,5,7-8,11,13,16,23H,4,6,9-10,12H2,1H3,(H,26,27). The van der Waals surface area contributed by atoms with Gasteiger partial charge >= 0.3 is 5.97 Å². The van der Waals surface area contributed by atoms with Crippen LogP contribution >= 0.6 is 11.3 Å². The van der Waals surface area contributed by atoms with Crippen LogP contribution in [0.3, 0.4) is 0 Å². The number of aliphatic carboxylic acids is 1. The highest BCUT2D eigenvalue weighted by atomic mass is 32.1. The summed E-state index contributed by atoms with van der Waals surface area (Å²) in [6.07, 6.45) is 3.53. The molecule has 3 atom stereocenters. The zero-order chi connectivity index (χ0) is 20.7. The fourth-order valence-electron chi connectivity index (χ4n) is 4.56. The van der Waals surface area contributed by atoms with Gasteiger partial charge in [0.15, 0.2) is 11.5 Å². The number of rotatable bonds is 5. The second-order valence-electron chi connectivity index (χ2n) is 8.16. The lowest BCUT2D eigenvalue weighted by molar-refractivity contribution is -0.146. The van der Waals surface area contributed by atoms with Crippen molar-refractivity contribution < 1.29 is 19.4 Å². The van der Waals surface area contributed by atoms with E-state index in [0.29, 0.717) is 25.2 Å². The van der Waals surface area contributed by atoms with E-state index in [1.165, 1.54) is 11.3 Å². The molecule has 1 fully saturated rings. The van der Waals surface area contributed by atoms with E-state index in [2.05, 4.69) is 22.2 Å². The average molecular weight is 426 g/mol. The topological polar surface area (TPSA) is 93.6 Å². The molecule has 156 valence electrons. The molecule has 0 radical (unpaired) electrons. The van der Waals surface area contributed by atoms with Crippen LogP contribution in [0.15, 0.2) is 35.8 Å². The molecule has 8 heteroatoms. The molecule has 0 amide bonds. The van der Waals surface area contributed by atoms with Crippen LogP contribution in [0.1, 0.15) is 37.6 Å². The number of benzene rings is 1. The summed E-state index contributed by atoms with van der Waals surface area (Å²) in [6.45, 7) is 3.07. The highest BCUT2D eigenvalue weighted by Crippen LogP contribution is 2.42. The minimum Gasteiger partial charge on any atom is -0.480 e. The predicted octanol–water partition coefficient (Wildman–Crippen LogP) is 3.72. The molecule has 0 saturated heterocycles. The third-order valence-corrected chi connectivity index (χ3v) is 7.11. The van der Waals surface area contributed by atoms with Gasteiger partial charge in [-0.25, -0.2) is 9.97 Å². The lowest BCUT2D eigenvalue weighted by Crippen LogP contribution is -2.49. The van der Waals surface area contributed by atoms with Crippen LogP contribution in [-0.4, -0.2) is 33.9 Å². The number of nitrogens with one attached hydrogen (secondary N) is 1. The summed E-state index contributed by atoms with van der Waals surface area (Å²) >= 11 is 1.52. The molecule has 7 nitrogen and oxygen atoms in total. The van der Waals surface area contributed by atoms with E-state index < -0.39 is 11.4 Å². The molecule has 2 aromatic heterocycles. The van der Waals surface area contributed by atoms with Gasteiger partial charge in [-0.3, -0.25) is 4.79 Å². The first-order chi connectivity index (χ1) is 14.5. The van der Waals surface area contributed by atoms with Gasteiger partial charge in [0.1, 0.15) is 16.1 Å². The second-order valence-corrected chi connectivity index (χ2v) is 9.05. The Kier molecular flexibility index (Phi) is 4.83. The molecule has 1 aliphatic carbocycles. The van der Waals surface area contributed by atoms with Gasteiger partial charge in [0.25, 0.3) is 0 Å². The molecule has 2 aliphatic rings. The van der Waals surface area contributed by atoms with E-state index in [0.717, 1.165) is 33.7 Å². The maximum atomic E-state index is 12.4. The Bertz CT molecular complexity index is 1100. The molecular weight excluding hydrogens is 402 g/mol. The minimum absolute atomic E-state index is 0.173. The van der Waals surface area contributed by atoms with E-state index in [4.69, 9.17) is 9.47 Å². The number of carbonyl (C=O) groups is 1. The van der Waals surface area contributed by atoms with E-state index in [9.17, 15) is 9.90 Å². The zero-order valence-corrected chi connectivity index (χ0v) is 17.4. The minimum atomic E-state index is -1.03. The lowest BCUT2D eigenvalue weighted by atomic mass is 9.67. The van der Waals surface area contributed by atoms with Gasteiger partial charge in [0.2, 0.25) is 6.79 Å². The molecular formula is C22H23N3O4S. The molecule has 3 aromatic rings. The van der Waals surface area contributed by atoms with Crippen LogP contribution in [0.25, 0.3) is 10.2 Å². The average Bonchev–Trinajstić information content (AvgIpc) is 3.40. The molecule has 2 N–H and O–H groups in total. The number of carboxylic acid groups (broad SMARTS) is 1. The monoisotopic (exact) mass is 425 g/mol. The van der Waals surface area contributed by atoms with Crippen LogP contribution in [0.5, 0.6) is 11.5 Å². The Hall–Kier alpha value is -2.71. The van der Waals surface area contributed by atoms with Gasteiger partial charge in [-0.2, -0.15) is 0 Å². The maximum absolute atomic E-state index is 12.4. The largest absolute Gasteiger partial charge is 0.480 e. The van der Waals surface area contributed by atoms with Gasteiger partial charge in [-0.05, 0) is 54.3 Å². The fraction of sp³-hybridized carbons (Fsp3) is 0.409. The van der Waals surface area contributed by atoms with Gasteiger partial charge < -0.3 is 19.9 Å². The number of hydrogen-bond acceptors (Lipinski definition) is 7. The molecule has 1 aliphatic heterocycles. The third kappa shape index (κ3) is 3.30. The fourth-order valence-corrected chi connectivity index (χ4v) is 5.30. The van der Waals surface area contributed by atoms with Crippen LogP contribution in [0, 0.1) is 5.92 Å². The van der Waals surface area contributed by atoms with Gasteiger partial charge in [-0.1, -0.05) is 13.0 Å². The summed E-state index contributed by atoms with van der Waals surface area (Å²) in [4.78, 5) is 22.3. The molecule has 0 bridgehead atoms. The highest BCUT2D eigenvalue weighted by molar-refractivity contribution is 7.16. The first-order valence-electron chi connectivity index (χ1n) is 10.1. The van der Waals surface area contributed by atoms with Crippen molar-refractivity contribution in [2.45, 2.75) is 44.2 Å². The molecule has 1 aromatic carbocycles. The Morgan fingerprint density at radius 1 is 1.33 bits per heavy atom.